The third kappa shape index (κ3) is 3.56. The zero-order valence-electron chi connectivity index (χ0n) is 13.9. The molecule has 1 aromatic carbocycles. The average Bonchev–Trinajstić information content (AvgIpc) is 3.02. The summed E-state index contributed by atoms with van der Waals surface area (Å²) in [6.07, 6.45) is -4.37. The number of H-pyrrole nitrogens is 1. The van der Waals surface area contributed by atoms with E-state index in [4.69, 9.17) is 0 Å². The minimum absolute atomic E-state index is 0.100. The SMILES string of the molecule is Cc1nc(C2=NN=C(C(C)c3ccc(C(F)(F)F)cc3F)C2)cc(=O)[nH]1. The van der Waals surface area contributed by atoms with Crippen LogP contribution in [0.5, 0.6) is 0 Å². The van der Waals surface area contributed by atoms with Crippen molar-refractivity contribution in [2.24, 2.45) is 10.2 Å². The fraction of sp³-hybridized carbons (Fsp3) is 0.294. The standard InChI is InChI=1S/C17H14F4N4O/c1-8(11-4-3-10(5-12(11)18)17(19,20)21)13-6-15(25-24-13)14-7-16(26)23-9(2)22-14/h3-5,7-8H,6H2,1-2H3,(H,22,23,26). The average molecular weight is 366 g/mol. The van der Waals surface area contributed by atoms with Crippen molar-refractivity contribution < 1.29 is 17.6 Å². The lowest BCUT2D eigenvalue weighted by Crippen LogP contribution is -2.17. The summed E-state index contributed by atoms with van der Waals surface area (Å²) in [4.78, 5) is 18.2. The first-order chi connectivity index (χ1) is 12.1. The summed E-state index contributed by atoms with van der Waals surface area (Å²) < 4.78 is 52.1. The maximum atomic E-state index is 14.2. The number of alkyl halides is 3. The predicted octanol–water partition coefficient (Wildman–Crippen LogP) is 3.59. The molecule has 1 aliphatic rings. The molecule has 0 saturated heterocycles. The molecule has 1 aromatic heterocycles. The number of aromatic nitrogens is 2. The molecule has 3 rings (SSSR count). The topological polar surface area (TPSA) is 70.5 Å². The van der Waals surface area contributed by atoms with E-state index in [9.17, 15) is 22.4 Å². The quantitative estimate of drug-likeness (QED) is 0.844. The molecule has 1 atom stereocenters. The van der Waals surface area contributed by atoms with E-state index in [1.165, 1.54) is 6.07 Å². The van der Waals surface area contributed by atoms with Crippen LogP contribution in [-0.2, 0) is 6.18 Å². The van der Waals surface area contributed by atoms with Crippen molar-refractivity contribution in [3.63, 3.8) is 0 Å². The minimum Gasteiger partial charge on any atom is -0.311 e. The smallest absolute Gasteiger partial charge is 0.311 e. The van der Waals surface area contributed by atoms with E-state index >= 15 is 0 Å². The number of hydrogen-bond acceptors (Lipinski definition) is 4. The predicted molar refractivity (Wildman–Crippen MR) is 88.0 cm³/mol. The van der Waals surface area contributed by atoms with Crippen LogP contribution in [0.4, 0.5) is 17.6 Å². The van der Waals surface area contributed by atoms with E-state index < -0.39 is 23.5 Å². The second-order valence-corrected chi connectivity index (χ2v) is 5.99. The van der Waals surface area contributed by atoms with Gasteiger partial charge in [0.1, 0.15) is 11.6 Å². The molecule has 2 heterocycles. The van der Waals surface area contributed by atoms with Gasteiger partial charge in [-0.3, -0.25) is 4.79 Å². The molecule has 0 fully saturated rings. The molecule has 9 heteroatoms. The van der Waals surface area contributed by atoms with Gasteiger partial charge in [-0.1, -0.05) is 13.0 Å². The van der Waals surface area contributed by atoms with Crippen LogP contribution in [0.3, 0.4) is 0 Å². The molecule has 0 spiro atoms. The summed E-state index contributed by atoms with van der Waals surface area (Å²) in [5.74, 6) is -1.10. The van der Waals surface area contributed by atoms with E-state index in [2.05, 4.69) is 20.2 Å². The Morgan fingerprint density at radius 1 is 1.19 bits per heavy atom. The zero-order chi connectivity index (χ0) is 19.1. The van der Waals surface area contributed by atoms with Crippen LogP contribution in [0, 0.1) is 12.7 Å². The summed E-state index contributed by atoms with van der Waals surface area (Å²) in [5.41, 5.74) is 0.0324. The number of halogens is 4. The Morgan fingerprint density at radius 3 is 2.54 bits per heavy atom. The molecule has 0 amide bonds. The van der Waals surface area contributed by atoms with Crippen LogP contribution >= 0.6 is 0 Å². The van der Waals surface area contributed by atoms with E-state index in [1.54, 1.807) is 13.8 Å². The summed E-state index contributed by atoms with van der Waals surface area (Å²) in [6.45, 7) is 3.27. The summed E-state index contributed by atoms with van der Waals surface area (Å²) in [6, 6.07) is 3.71. The molecule has 1 unspecified atom stereocenters. The molecule has 136 valence electrons. The van der Waals surface area contributed by atoms with Crippen LogP contribution in [0.25, 0.3) is 0 Å². The number of hydrogen-bond donors (Lipinski definition) is 1. The number of rotatable bonds is 3. The lowest BCUT2D eigenvalue weighted by molar-refractivity contribution is -0.137. The van der Waals surface area contributed by atoms with Crippen LogP contribution in [0.2, 0.25) is 0 Å². The van der Waals surface area contributed by atoms with Crippen molar-refractivity contribution in [1.82, 2.24) is 9.97 Å². The van der Waals surface area contributed by atoms with Crippen LogP contribution in [-0.4, -0.2) is 21.4 Å². The second kappa shape index (κ2) is 6.47. The van der Waals surface area contributed by atoms with Crippen molar-refractivity contribution in [2.75, 3.05) is 0 Å². The molecule has 1 N–H and O–H groups in total. The molecule has 0 radical (unpaired) electrons. The summed E-state index contributed by atoms with van der Waals surface area (Å²) >= 11 is 0. The molecule has 5 nitrogen and oxygen atoms in total. The molecule has 2 aromatic rings. The third-order valence-electron chi connectivity index (χ3n) is 4.10. The lowest BCUT2D eigenvalue weighted by Gasteiger charge is -2.14. The van der Waals surface area contributed by atoms with Gasteiger partial charge in [0.15, 0.2) is 0 Å². The Labute approximate surface area is 145 Å². The Bertz CT molecular complexity index is 975. The summed E-state index contributed by atoms with van der Waals surface area (Å²) in [5, 5.41) is 7.99. The monoisotopic (exact) mass is 366 g/mol. The van der Waals surface area contributed by atoms with Crippen LogP contribution in [0.1, 0.15) is 41.9 Å². The number of benzene rings is 1. The number of nitrogens with zero attached hydrogens (tertiary/aromatic N) is 3. The Balaban J connectivity index is 1.81. The Hall–Kier alpha value is -2.84. The van der Waals surface area contributed by atoms with Crippen molar-refractivity contribution in [3.05, 3.63) is 63.1 Å². The van der Waals surface area contributed by atoms with Crippen LogP contribution in [0.15, 0.2) is 39.3 Å². The number of nitrogens with one attached hydrogen (secondary N) is 1. The summed E-state index contributed by atoms with van der Waals surface area (Å²) in [7, 11) is 0. The third-order valence-corrected chi connectivity index (χ3v) is 4.10. The second-order valence-electron chi connectivity index (χ2n) is 5.99. The Kier molecular flexibility index (Phi) is 4.47. The highest BCUT2D eigenvalue weighted by molar-refractivity contribution is 6.15. The van der Waals surface area contributed by atoms with E-state index in [0.717, 1.165) is 12.1 Å². The molecule has 0 bridgehead atoms. The van der Waals surface area contributed by atoms with E-state index in [-0.39, 0.29) is 17.5 Å². The first-order valence-corrected chi connectivity index (χ1v) is 7.73. The largest absolute Gasteiger partial charge is 0.416 e. The highest BCUT2D eigenvalue weighted by atomic mass is 19.4. The van der Waals surface area contributed by atoms with Crippen molar-refractivity contribution in [2.45, 2.75) is 32.4 Å². The van der Waals surface area contributed by atoms with Crippen molar-refractivity contribution in [3.8, 4) is 0 Å². The number of aryl methyl sites for hydroxylation is 1. The van der Waals surface area contributed by atoms with Gasteiger partial charge in [0.2, 0.25) is 0 Å². The first kappa shape index (κ1) is 18.0. The molecule has 0 saturated carbocycles. The zero-order valence-corrected chi connectivity index (χ0v) is 13.9. The Morgan fingerprint density at radius 2 is 1.92 bits per heavy atom. The van der Waals surface area contributed by atoms with Gasteiger partial charge in [0, 0.05) is 18.4 Å². The maximum absolute atomic E-state index is 14.2. The number of aromatic amines is 1. The van der Waals surface area contributed by atoms with Gasteiger partial charge < -0.3 is 4.98 Å². The van der Waals surface area contributed by atoms with Crippen molar-refractivity contribution in [1.29, 1.82) is 0 Å². The van der Waals surface area contributed by atoms with Gasteiger partial charge >= 0.3 is 6.18 Å². The van der Waals surface area contributed by atoms with Gasteiger partial charge in [-0.05, 0) is 24.6 Å². The minimum atomic E-state index is -4.60. The van der Waals surface area contributed by atoms with Crippen LogP contribution < -0.4 is 5.56 Å². The molecular formula is C17H14F4N4O. The fourth-order valence-corrected chi connectivity index (χ4v) is 2.71. The highest BCUT2D eigenvalue weighted by Gasteiger charge is 2.32. The normalized spacial score (nSPS) is 15.6. The van der Waals surface area contributed by atoms with Crippen molar-refractivity contribution >= 4 is 11.4 Å². The first-order valence-electron chi connectivity index (χ1n) is 7.73. The maximum Gasteiger partial charge on any atom is 0.416 e. The fourth-order valence-electron chi connectivity index (χ4n) is 2.71. The van der Waals surface area contributed by atoms with E-state index in [0.29, 0.717) is 29.0 Å². The van der Waals surface area contributed by atoms with Gasteiger partial charge in [0.25, 0.3) is 5.56 Å². The molecular weight excluding hydrogens is 352 g/mol. The molecule has 26 heavy (non-hydrogen) atoms. The van der Waals surface area contributed by atoms with Gasteiger partial charge in [-0.25, -0.2) is 9.37 Å². The molecule has 0 aliphatic carbocycles. The highest BCUT2D eigenvalue weighted by Crippen LogP contribution is 2.32. The van der Waals surface area contributed by atoms with Gasteiger partial charge in [-0.2, -0.15) is 23.4 Å². The van der Waals surface area contributed by atoms with Gasteiger partial charge in [0.05, 0.1) is 22.7 Å². The van der Waals surface area contributed by atoms with E-state index in [1.807, 2.05) is 0 Å². The lowest BCUT2D eigenvalue weighted by atomic mass is 9.91. The van der Waals surface area contributed by atoms with Gasteiger partial charge in [-0.15, -0.1) is 0 Å². The molecule has 1 aliphatic heterocycles.